The van der Waals surface area contributed by atoms with E-state index in [1.54, 1.807) is 4.24 Å². The molecule has 0 aliphatic carbocycles. The molecular formula is C10H6S8. The second-order valence-corrected chi connectivity index (χ2v) is 13.0. The Balaban J connectivity index is 1.51. The van der Waals surface area contributed by atoms with Crippen LogP contribution in [0.25, 0.3) is 0 Å². The average Bonchev–Trinajstić information content (AvgIpc) is 3.13. The first kappa shape index (κ1) is 13.4. The molecule has 0 amide bonds. The molecule has 0 radical (unpaired) electrons. The molecule has 8 heteroatoms. The van der Waals surface area contributed by atoms with Crippen LogP contribution >= 0.6 is 94.1 Å². The molecule has 1 fully saturated rings. The van der Waals surface area contributed by atoms with Crippen LogP contribution in [0.3, 0.4) is 0 Å². The van der Waals surface area contributed by atoms with E-state index in [9.17, 15) is 0 Å². The predicted octanol–water partition coefficient (Wildman–Crippen LogP) is 6.76. The van der Waals surface area contributed by atoms with Crippen LogP contribution in [0.15, 0.2) is 36.2 Å². The maximum atomic E-state index is 2.18. The van der Waals surface area contributed by atoms with E-state index < -0.39 is 0 Å². The highest BCUT2D eigenvalue weighted by molar-refractivity contribution is 8.49. The molecule has 0 spiro atoms. The minimum absolute atomic E-state index is 1.28. The molecule has 4 rings (SSSR count). The van der Waals surface area contributed by atoms with E-state index in [0.29, 0.717) is 0 Å². The van der Waals surface area contributed by atoms with Gasteiger partial charge in [0.25, 0.3) is 0 Å². The lowest BCUT2D eigenvalue weighted by Crippen LogP contribution is -1.71. The molecule has 0 nitrogen and oxygen atoms in total. The molecule has 0 N–H and O–H groups in total. The zero-order chi connectivity index (χ0) is 11.9. The van der Waals surface area contributed by atoms with Crippen LogP contribution in [0.1, 0.15) is 0 Å². The van der Waals surface area contributed by atoms with E-state index >= 15 is 0 Å². The molecule has 1 saturated heterocycles. The maximum absolute atomic E-state index is 2.18. The Kier molecular flexibility index (Phi) is 4.38. The second kappa shape index (κ2) is 5.87. The van der Waals surface area contributed by atoms with Crippen molar-refractivity contribution in [1.82, 2.24) is 0 Å². The third-order valence-corrected chi connectivity index (χ3v) is 13.7. The molecule has 0 unspecified atom stereocenters. The van der Waals surface area contributed by atoms with Crippen LogP contribution in [0.2, 0.25) is 0 Å². The number of hydrogen-bond acceptors (Lipinski definition) is 8. The van der Waals surface area contributed by atoms with Crippen molar-refractivity contribution >= 4 is 94.1 Å². The fourth-order valence-corrected chi connectivity index (χ4v) is 13.0. The molecule has 0 aromatic rings. The minimum atomic E-state index is 1.28. The molecule has 0 saturated carbocycles. The quantitative estimate of drug-likeness (QED) is 0.445. The summed E-state index contributed by atoms with van der Waals surface area (Å²) in [5, 5.41) is 4.36. The summed E-state index contributed by atoms with van der Waals surface area (Å²) in [6, 6.07) is 0. The van der Waals surface area contributed by atoms with E-state index in [4.69, 9.17) is 0 Å². The molecule has 4 aliphatic rings. The van der Waals surface area contributed by atoms with Gasteiger partial charge >= 0.3 is 0 Å². The van der Waals surface area contributed by atoms with Crippen molar-refractivity contribution in [2.45, 2.75) is 0 Å². The summed E-state index contributed by atoms with van der Waals surface area (Å²) in [6.45, 7) is 0. The zero-order valence-corrected chi connectivity index (χ0v) is 15.4. The van der Waals surface area contributed by atoms with E-state index in [-0.39, 0.29) is 0 Å². The summed E-state index contributed by atoms with van der Waals surface area (Å²) in [4.78, 5) is 0. The molecule has 0 aromatic heterocycles. The summed E-state index contributed by atoms with van der Waals surface area (Å²) in [5.41, 5.74) is 0. The van der Waals surface area contributed by atoms with Crippen molar-refractivity contribution in [3.63, 3.8) is 0 Å². The van der Waals surface area contributed by atoms with Gasteiger partial charge in [0.15, 0.2) is 0 Å². The summed E-state index contributed by atoms with van der Waals surface area (Å²) in [7, 11) is 0. The Bertz CT molecular complexity index is 462. The fourth-order valence-electron chi connectivity index (χ4n) is 1.48. The van der Waals surface area contributed by atoms with Gasteiger partial charge in [-0.1, -0.05) is 70.6 Å². The largest absolute Gasteiger partial charge is 0.117 e. The highest BCUT2D eigenvalue weighted by atomic mass is 32.3. The van der Waals surface area contributed by atoms with Gasteiger partial charge in [-0.05, 0) is 10.8 Å². The molecule has 0 aromatic carbocycles. The first-order valence-electron chi connectivity index (χ1n) is 5.08. The van der Waals surface area contributed by atoms with Gasteiger partial charge in [0.1, 0.15) is 0 Å². The lowest BCUT2D eigenvalue weighted by atomic mass is 11.0. The number of rotatable bonds is 0. The van der Waals surface area contributed by atoms with Gasteiger partial charge < -0.3 is 0 Å². The van der Waals surface area contributed by atoms with Gasteiger partial charge in [-0.25, -0.2) is 0 Å². The van der Waals surface area contributed by atoms with E-state index in [1.807, 2.05) is 94.1 Å². The molecular weight excluding hydrogens is 377 g/mol. The molecule has 4 heterocycles. The van der Waals surface area contributed by atoms with Crippen LogP contribution in [0.4, 0.5) is 0 Å². The number of hydrogen-bond donors (Lipinski definition) is 0. The minimum Gasteiger partial charge on any atom is -0.117 e. The third-order valence-electron chi connectivity index (χ3n) is 2.20. The Morgan fingerprint density at radius 2 is 1.00 bits per heavy atom. The topological polar surface area (TPSA) is 0 Å². The third kappa shape index (κ3) is 2.61. The molecule has 0 atom stereocenters. The highest BCUT2D eigenvalue weighted by Crippen LogP contribution is 2.70. The van der Waals surface area contributed by atoms with Gasteiger partial charge in [0.2, 0.25) is 0 Å². The van der Waals surface area contributed by atoms with Gasteiger partial charge in [-0.3, -0.25) is 0 Å². The average molecular weight is 383 g/mol. The monoisotopic (exact) mass is 382 g/mol. The summed E-state index contributed by atoms with van der Waals surface area (Å²) >= 11 is 15.7. The predicted molar refractivity (Wildman–Crippen MR) is 101 cm³/mol. The Morgan fingerprint density at radius 1 is 0.556 bits per heavy atom. The first-order valence-corrected chi connectivity index (χ1v) is 12.1. The van der Waals surface area contributed by atoms with Crippen molar-refractivity contribution < 1.29 is 0 Å². The van der Waals surface area contributed by atoms with Crippen molar-refractivity contribution in [3.05, 3.63) is 36.2 Å². The van der Waals surface area contributed by atoms with Gasteiger partial charge in [0, 0.05) is 11.5 Å². The summed E-state index contributed by atoms with van der Waals surface area (Å²) in [5.74, 6) is 2.56. The number of thioether (sulfide) groups is 8. The lowest BCUT2D eigenvalue weighted by molar-refractivity contribution is 1.59. The molecule has 0 bridgehead atoms. The van der Waals surface area contributed by atoms with Crippen LogP contribution in [-0.4, -0.2) is 11.5 Å². The maximum Gasteiger partial charge on any atom is 0.0718 e. The standard InChI is InChI=1S/C10H6S8/c1-2-12-5(11-1)7-15-9-10(16-7)18-8(17-9)6-13-3-4-14-6/h1-2H,3-4H2. The highest BCUT2D eigenvalue weighted by Gasteiger charge is 2.34. The smallest absolute Gasteiger partial charge is 0.0718 e. The first-order chi connectivity index (χ1) is 8.90. The second-order valence-electron chi connectivity index (χ2n) is 3.34. The Hall–Kier alpha value is 1.76. The van der Waals surface area contributed by atoms with Crippen LogP contribution in [0, 0.1) is 0 Å². The summed E-state index contributed by atoms with van der Waals surface area (Å²) < 4.78 is 9.05. The zero-order valence-electron chi connectivity index (χ0n) is 8.83. The van der Waals surface area contributed by atoms with Crippen LogP contribution in [-0.2, 0) is 0 Å². The van der Waals surface area contributed by atoms with Gasteiger partial charge in [-0.15, -0.1) is 23.5 Å². The van der Waals surface area contributed by atoms with Crippen molar-refractivity contribution in [3.8, 4) is 0 Å². The molecule has 94 valence electrons. The van der Waals surface area contributed by atoms with Crippen molar-refractivity contribution in [2.24, 2.45) is 0 Å². The van der Waals surface area contributed by atoms with Gasteiger partial charge in [-0.2, -0.15) is 0 Å². The normalized spacial score (nSPS) is 27.1. The van der Waals surface area contributed by atoms with E-state index in [1.165, 1.54) is 32.7 Å². The summed E-state index contributed by atoms with van der Waals surface area (Å²) in [6.07, 6.45) is 0. The SMILES string of the molecule is C1=CSC(=C2SC3=C(S2)SC(=C2SCCS2)S3)S1. The Morgan fingerprint density at radius 3 is 1.56 bits per heavy atom. The van der Waals surface area contributed by atoms with Crippen LogP contribution in [0.5, 0.6) is 0 Å². The van der Waals surface area contributed by atoms with E-state index in [2.05, 4.69) is 10.8 Å². The van der Waals surface area contributed by atoms with Crippen molar-refractivity contribution in [1.29, 1.82) is 0 Å². The van der Waals surface area contributed by atoms with Gasteiger partial charge in [0.05, 0.1) is 25.4 Å². The fraction of sp³-hybridized carbons (Fsp3) is 0.200. The van der Waals surface area contributed by atoms with E-state index in [0.717, 1.165) is 0 Å². The molecule has 18 heavy (non-hydrogen) atoms. The van der Waals surface area contributed by atoms with Crippen LogP contribution < -0.4 is 0 Å². The molecule has 4 aliphatic heterocycles. The Labute approximate surface area is 140 Å². The lowest BCUT2D eigenvalue weighted by Gasteiger charge is -2.06. The van der Waals surface area contributed by atoms with Crippen molar-refractivity contribution in [2.75, 3.05) is 11.5 Å².